The Balaban J connectivity index is 1.38. The van der Waals surface area contributed by atoms with E-state index in [2.05, 4.69) is 42.8 Å². The number of rotatable bonds is 12. The van der Waals surface area contributed by atoms with Crippen LogP contribution in [0.5, 0.6) is 28.7 Å². The number of benzene rings is 5. The Kier molecular flexibility index (Phi) is 8.69. The highest BCUT2D eigenvalue weighted by molar-refractivity contribution is 5.96. The maximum atomic E-state index is 10.1. The predicted octanol–water partition coefficient (Wildman–Crippen LogP) is 7.98. The van der Waals surface area contributed by atoms with Crippen LogP contribution < -0.4 is 14.2 Å². The molecular weight excluding hydrogens is 552 g/mol. The molecular formula is C38H34O6. The Morgan fingerprint density at radius 3 is 1.89 bits per heavy atom. The van der Waals surface area contributed by atoms with Crippen molar-refractivity contribution in [2.45, 2.75) is 12.8 Å². The highest BCUT2D eigenvalue weighted by atomic mass is 16.5. The van der Waals surface area contributed by atoms with Gasteiger partial charge in [-0.25, -0.2) is 0 Å². The van der Waals surface area contributed by atoms with Crippen molar-refractivity contribution < 1.29 is 28.8 Å². The summed E-state index contributed by atoms with van der Waals surface area (Å²) in [5.41, 5.74) is 4.16. The van der Waals surface area contributed by atoms with Gasteiger partial charge in [-0.3, -0.25) is 0 Å². The summed E-state index contributed by atoms with van der Waals surface area (Å²) < 4.78 is 29.4. The summed E-state index contributed by atoms with van der Waals surface area (Å²) in [5, 5.41) is 14.3. The van der Waals surface area contributed by atoms with Crippen molar-refractivity contribution in [3.8, 4) is 41.1 Å². The molecule has 1 unspecified atom stereocenters. The minimum absolute atomic E-state index is 0.145. The molecule has 0 radical (unpaired) electrons. The molecule has 5 aromatic carbocycles. The van der Waals surface area contributed by atoms with Gasteiger partial charge in [0.1, 0.15) is 48.6 Å². The third kappa shape index (κ3) is 6.21. The summed E-state index contributed by atoms with van der Waals surface area (Å²) in [6, 6.07) is 27.8. The summed E-state index contributed by atoms with van der Waals surface area (Å²) in [6.07, 6.45) is 5.25. The van der Waals surface area contributed by atoms with Crippen molar-refractivity contribution in [3.63, 3.8) is 0 Å². The van der Waals surface area contributed by atoms with E-state index in [9.17, 15) is 5.11 Å². The van der Waals surface area contributed by atoms with Gasteiger partial charge in [0.15, 0.2) is 0 Å². The Bertz CT molecular complexity index is 1850. The number of hydrogen-bond acceptors (Lipinski definition) is 6. The molecule has 0 bridgehead atoms. The molecule has 0 aromatic heterocycles. The monoisotopic (exact) mass is 586 g/mol. The molecule has 222 valence electrons. The molecule has 44 heavy (non-hydrogen) atoms. The van der Waals surface area contributed by atoms with Gasteiger partial charge in [-0.2, -0.15) is 0 Å². The molecule has 1 N–H and O–H groups in total. The zero-order valence-corrected chi connectivity index (χ0v) is 24.7. The molecule has 1 heterocycles. The highest BCUT2D eigenvalue weighted by Gasteiger charge is 2.32. The molecule has 1 aliphatic heterocycles. The normalized spacial score (nSPS) is 13.5. The van der Waals surface area contributed by atoms with Crippen LogP contribution in [0.1, 0.15) is 29.5 Å². The van der Waals surface area contributed by atoms with Crippen LogP contribution in [0.25, 0.3) is 21.5 Å². The Morgan fingerprint density at radius 2 is 1.34 bits per heavy atom. The van der Waals surface area contributed by atoms with Gasteiger partial charge in [-0.1, -0.05) is 54.5 Å². The van der Waals surface area contributed by atoms with Crippen LogP contribution in [-0.4, -0.2) is 44.7 Å². The second-order valence-corrected chi connectivity index (χ2v) is 10.8. The number of aromatic hydroxyl groups is 1. The average molecular weight is 587 g/mol. The first-order chi connectivity index (χ1) is 21.5. The molecule has 0 amide bonds. The summed E-state index contributed by atoms with van der Waals surface area (Å²) in [4.78, 5) is 0. The van der Waals surface area contributed by atoms with Crippen LogP contribution in [0, 0.1) is 12.3 Å². The molecule has 0 fully saturated rings. The molecule has 0 spiro atoms. The van der Waals surface area contributed by atoms with Crippen molar-refractivity contribution in [1.29, 1.82) is 0 Å². The van der Waals surface area contributed by atoms with Crippen LogP contribution in [0.2, 0.25) is 0 Å². The Hall–Kier alpha value is -4.96. The van der Waals surface area contributed by atoms with E-state index in [1.807, 2.05) is 49.4 Å². The van der Waals surface area contributed by atoms with Crippen LogP contribution in [0.15, 0.2) is 97.1 Å². The van der Waals surface area contributed by atoms with Gasteiger partial charge in [-0.05, 0) is 82.6 Å². The summed E-state index contributed by atoms with van der Waals surface area (Å²) in [7, 11) is 0. The first-order valence-corrected chi connectivity index (χ1v) is 14.6. The van der Waals surface area contributed by atoms with Crippen molar-refractivity contribution in [2.24, 2.45) is 0 Å². The van der Waals surface area contributed by atoms with Crippen molar-refractivity contribution >= 4 is 21.5 Å². The number of terminal acetylenes is 1. The lowest BCUT2D eigenvalue weighted by molar-refractivity contribution is 0.117. The molecule has 6 rings (SSSR count). The maximum absolute atomic E-state index is 10.1. The van der Waals surface area contributed by atoms with Crippen molar-refractivity contribution in [1.82, 2.24) is 0 Å². The summed E-state index contributed by atoms with van der Waals surface area (Å²) >= 11 is 0. The first kappa shape index (κ1) is 29.1. The molecule has 1 atom stereocenters. The van der Waals surface area contributed by atoms with Gasteiger partial charge in [-0.15, -0.1) is 6.42 Å². The van der Waals surface area contributed by atoms with Crippen molar-refractivity contribution in [3.05, 3.63) is 114 Å². The third-order valence-electron chi connectivity index (χ3n) is 7.54. The van der Waals surface area contributed by atoms with Gasteiger partial charge in [0.2, 0.25) is 0 Å². The van der Waals surface area contributed by atoms with E-state index >= 15 is 0 Å². The number of fused-ring (bicyclic) bond motifs is 6. The van der Waals surface area contributed by atoms with Crippen LogP contribution in [0.3, 0.4) is 0 Å². The second-order valence-electron chi connectivity index (χ2n) is 10.8. The minimum Gasteiger partial charge on any atom is -0.508 e. The molecule has 1 aliphatic rings. The van der Waals surface area contributed by atoms with E-state index in [1.54, 1.807) is 12.1 Å². The SMILES string of the molecule is C#CCOCCOc1ccc2c3c(ccc2c1)Oc1ccc2cc(OCCOCC(=C)C)ccc2c1C3c1ccc(O)cc1. The molecule has 6 nitrogen and oxygen atoms in total. The predicted molar refractivity (Wildman–Crippen MR) is 173 cm³/mol. The highest BCUT2D eigenvalue weighted by Crippen LogP contribution is 2.52. The average Bonchev–Trinajstić information content (AvgIpc) is 3.03. The number of ether oxygens (including phenoxy) is 5. The lowest BCUT2D eigenvalue weighted by atomic mass is 9.78. The largest absolute Gasteiger partial charge is 0.508 e. The quantitative estimate of drug-likeness (QED) is 0.0891. The summed E-state index contributed by atoms with van der Waals surface area (Å²) in [6.45, 7) is 8.36. The fraction of sp³-hybridized carbons (Fsp3) is 0.211. The molecule has 0 aliphatic carbocycles. The Labute approximate surface area is 257 Å². The fourth-order valence-electron chi connectivity index (χ4n) is 5.65. The molecule has 5 aromatic rings. The summed E-state index contributed by atoms with van der Waals surface area (Å²) in [5.74, 6) is 5.67. The van der Waals surface area contributed by atoms with Crippen LogP contribution in [0.4, 0.5) is 0 Å². The number of hydrogen-bond donors (Lipinski definition) is 1. The van der Waals surface area contributed by atoms with Gasteiger partial charge in [0.05, 0.1) is 19.8 Å². The third-order valence-corrected chi connectivity index (χ3v) is 7.54. The Morgan fingerprint density at radius 1 is 0.773 bits per heavy atom. The van der Waals surface area contributed by atoms with E-state index in [0.29, 0.717) is 33.0 Å². The first-order valence-electron chi connectivity index (χ1n) is 14.6. The van der Waals surface area contributed by atoms with Crippen LogP contribution in [-0.2, 0) is 9.47 Å². The maximum Gasteiger partial charge on any atom is 0.132 e. The topological polar surface area (TPSA) is 66.4 Å². The standard InChI is InChI=1S/C38H34O6/c1-4-17-40-18-20-42-30-11-13-32-27(22-30)7-15-34-37(32)36(26-5-9-29(39)10-6-26)38-33-14-12-31(43-21-19-41-24-25(2)3)23-28(33)8-16-35(38)44-34/h1,5-16,22-23,36,39H,2,17-21,24H2,3H3. The van der Waals surface area contributed by atoms with Crippen LogP contribution >= 0.6 is 0 Å². The van der Waals surface area contributed by atoms with E-state index in [1.165, 1.54) is 0 Å². The van der Waals surface area contributed by atoms with E-state index < -0.39 is 0 Å². The molecule has 0 saturated heterocycles. The van der Waals surface area contributed by atoms with Gasteiger partial charge in [0.25, 0.3) is 0 Å². The van der Waals surface area contributed by atoms with Gasteiger partial charge < -0.3 is 28.8 Å². The lowest BCUT2D eigenvalue weighted by Crippen LogP contribution is -2.13. The van der Waals surface area contributed by atoms with Crippen molar-refractivity contribution in [2.75, 3.05) is 39.6 Å². The van der Waals surface area contributed by atoms with E-state index in [0.717, 1.165) is 66.8 Å². The molecule has 0 saturated carbocycles. The van der Waals surface area contributed by atoms with Gasteiger partial charge >= 0.3 is 0 Å². The molecule has 6 heteroatoms. The van der Waals surface area contributed by atoms with E-state index in [4.69, 9.17) is 30.1 Å². The number of phenols is 1. The zero-order chi connectivity index (χ0) is 30.5. The smallest absolute Gasteiger partial charge is 0.132 e. The van der Waals surface area contributed by atoms with Gasteiger partial charge in [0, 0.05) is 17.0 Å². The second kappa shape index (κ2) is 13.1. The lowest BCUT2D eigenvalue weighted by Gasteiger charge is -2.31. The number of phenolic OH excluding ortho intramolecular Hbond substituents is 1. The zero-order valence-electron chi connectivity index (χ0n) is 24.7. The van der Waals surface area contributed by atoms with E-state index in [-0.39, 0.29) is 18.3 Å². The fourth-order valence-corrected chi connectivity index (χ4v) is 5.65. The minimum atomic E-state index is -0.145.